The van der Waals surface area contributed by atoms with Gasteiger partial charge in [0.2, 0.25) is 0 Å². The van der Waals surface area contributed by atoms with Gasteiger partial charge >= 0.3 is 12.1 Å². The lowest BCUT2D eigenvalue weighted by Crippen LogP contribution is -2.33. The van der Waals surface area contributed by atoms with Gasteiger partial charge in [0.15, 0.2) is 0 Å². The number of carboxylic acids is 1. The third-order valence-electron chi connectivity index (χ3n) is 3.69. The lowest BCUT2D eigenvalue weighted by atomic mass is 9.96. The molecule has 2 rings (SSSR count). The first-order valence-electron chi connectivity index (χ1n) is 6.78. The summed E-state index contributed by atoms with van der Waals surface area (Å²) in [6, 6.07) is 4.64. The number of hydrogen-bond acceptors (Lipinski definition) is 3. The predicted molar refractivity (Wildman–Crippen MR) is 79.1 cm³/mol. The molecule has 9 heteroatoms. The normalized spacial score (nSPS) is 22.3. The third kappa shape index (κ3) is 4.65. The predicted octanol–water partition coefficient (Wildman–Crippen LogP) is 3.57. The molecule has 1 fully saturated rings. The second-order valence-corrected chi connectivity index (χ2v) is 6.12. The minimum atomic E-state index is -4.53. The van der Waals surface area contributed by atoms with Gasteiger partial charge in [-0.3, -0.25) is 9.69 Å². The molecule has 1 aromatic carbocycles. The Morgan fingerprint density at radius 2 is 2.04 bits per heavy atom. The van der Waals surface area contributed by atoms with E-state index in [1.165, 1.54) is 11.0 Å². The molecule has 0 bridgehead atoms. The van der Waals surface area contributed by atoms with Gasteiger partial charge < -0.3 is 9.84 Å². The highest BCUT2D eigenvalue weighted by Crippen LogP contribution is 2.37. The molecule has 1 aromatic rings. The first kappa shape index (κ1) is 18.2. The van der Waals surface area contributed by atoms with Gasteiger partial charge in [-0.2, -0.15) is 13.2 Å². The van der Waals surface area contributed by atoms with Crippen molar-refractivity contribution in [2.45, 2.75) is 6.18 Å². The molecule has 0 saturated carbocycles. The minimum Gasteiger partial charge on any atom is -0.491 e. The molecular formula is C14H14Cl2F3NO3. The van der Waals surface area contributed by atoms with E-state index in [4.69, 9.17) is 33.0 Å². The molecule has 1 N–H and O–H groups in total. The molecule has 0 amide bonds. The fraction of sp³-hybridized carbons (Fsp3) is 0.500. The van der Waals surface area contributed by atoms with Gasteiger partial charge in [-0.25, -0.2) is 0 Å². The zero-order valence-electron chi connectivity index (χ0n) is 11.8. The highest BCUT2D eigenvalue weighted by Gasteiger charge is 2.52. The Labute approximate surface area is 140 Å². The fourth-order valence-electron chi connectivity index (χ4n) is 2.53. The quantitative estimate of drug-likeness (QED) is 0.859. The van der Waals surface area contributed by atoms with E-state index < -0.39 is 24.0 Å². The SMILES string of the molecule is O=C(O)[C@@H]1CN(CCOc2ccc(Cl)cc2Cl)C[C@H]1C(F)(F)F. The van der Waals surface area contributed by atoms with E-state index in [0.717, 1.165) is 0 Å². The summed E-state index contributed by atoms with van der Waals surface area (Å²) in [5.41, 5.74) is 0. The van der Waals surface area contributed by atoms with E-state index in [-0.39, 0.29) is 26.2 Å². The van der Waals surface area contributed by atoms with Crippen LogP contribution in [0.4, 0.5) is 13.2 Å². The van der Waals surface area contributed by atoms with Crippen molar-refractivity contribution in [1.82, 2.24) is 4.90 Å². The van der Waals surface area contributed by atoms with E-state index in [1.54, 1.807) is 12.1 Å². The Bertz CT molecular complexity index is 583. The standard InChI is InChI=1S/C14H14Cl2F3NO3/c15-8-1-2-12(11(16)5-8)23-4-3-20-6-9(13(21)22)10(7-20)14(17,18)19/h1-2,5,9-10H,3-4,6-7H2,(H,21,22)/t9-,10-/m1/s1. The van der Waals surface area contributed by atoms with Crippen molar-refractivity contribution in [3.05, 3.63) is 28.2 Å². The lowest BCUT2D eigenvalue weighted by molar-refractivity contribution is -0.188. The molecule has 1 aliphatic rings. The average molecular weight is 372 g/mol. The molecule has 0 radical (unpaired) electrons. The molecule has 128 valence electrons. The summed E-state index contributed by atoms with van der Waals surface area (Å²) in [4.78, 5) is 12.4. The van der Waals surface area contributed by atoms with Gasteiger partial charge in [0.1, 0.15) is 12.4 Å². The van der Waals surface area contributed by atoms with Crippen LogP contribution in [-0.4, -0.2) is 48.4 Å². The maximum Gasteiger partial charge on any atom is 0.393 e. The van der Waals surface area contributed by atoms with Crippen LogP contribution in [0.15, 0.2) is 18.2 Å². The lowest BCUT2D eigenvalue weighted by Gasteiger charge is -2.18. The highest BCUT2D eigenvalue weighted by molar-refractivity contribution is 6.35. The topological polar surface area (TPSA) is 49.8 Å². The number of likely N-dealkylation sites (tertiary alicyclic amines) is 1. The summed E-state index contributed by atoms with van der Waals surface area (Å²) in [6.45, 7) is -0.233. The molecule has 0 unspecified atom stereocenters. The van der Waals surface area contributed by atoms with Crippen molar-refractivity contribution in [2.75, 3.05) is 26.2 Å². The van der Waals surface area contributed by atoms with Crippen LogP contribution >= 0.6 is 23.2 Å². The van der Waals surface area contributed by atoms with Gasteiger partial charge in [0, 0.05) is 24.7 Å². The second kappa shape index (κ2) is 7.15. The Kier molecular flexibility index (Phi) is 5.65. The Morgan fingerprint density at radius 1 is 1.35 bits per heavy atom. The molecule has 2 atom stereocenters. The van der Waals surface area contributed by atoms with Crippen molar-refractivity contribution < 1.29 is 27.8 Å². The minimum absolute atomic E-state index is 0.0955. The Hall–Kier alpha value is -1.18. The van der Waals surface area contributed by atoms with Crippen LogP contribution in [-0.2, 0) is 4.79 Å². The van der Waals surface area contributed by atoms with Crippen LogP contribution in [0.1, 0.15) is 0 Å². The van der Waals surface area contributed by atoms with E-state index >= 15 is 0 Å². The highest BCUT2D eigenvalue weighted by atomic mass is 35.5. The number of halogens is 5. The van der Waals surface area contributed by atoms with Crippen molar-refractivity contribution in [3.63, 3.8) is 0 Å². The van der Waals surface area contributed by atoms with E-state index in [0.29, 0.717) is 15.8 Å². The fourth-order valence-corrected chi connectivity index (χ4v) is 2.99. The number of carbonyl (C=O) groups is 1. The summed E-state index contributed by atoms with van der Waals surface area (Å²) < 4.78 is 44.0. The van der Waals surface area contributed by atoms with Crippen LogP contribution < -0.4 is 4.74 Å². The summed E-state index contributed by atoms with van der Waals surface area (Å²) >= 11 is 11.7. The molecular weight excluding hydrogens is 358 g/mol. The van der Waals surface area contributed by atoms with Crippen molar-refractivity contribution >= 4 is 29.2 Å². The maximum atomic E-state index is 12.9. The Morgan fingerprint density at radius 3 is 2.57 bits per heavy atom. The number of aliphatic carboxylic acids is 1. The smallest absolute Gasteiger partial charge is 0.393 e. The van der Waals surface area contributed by atoms with Gasteiger partial charge in [-0.05, 0) is 18.2 Å². The van der Waals surface area contributed by atoms with Gasteiger partial charge in [0.05, 0.1) is 16.9 Å². The zero-order chi connectivity index (χ0) is 17.2. The number of nitrogens with zero attached hydrogens (tertiary/aromatic N) is 1. The monoisotopic (exact) mass is 371 g/mol. The average Bonchev–Trinajstić information content (AvgIpc) is 2.86. The van der Waals surface area contributed by atoms with Gasteiger partial charge in [-0.15, -0.1) is 0 Å². The van der Waals surface area contributed by atoms with Crippen molar-refractivity contribution in [2.24, 2.45) is 11.8 Å². The largest absolute Gasteiger partial charge is 0.491 e. The number of carboxylic acid groups (broad SMARTS) is 1. The van der Waals surface area contributed by atoms with Crippen molar-refractivity contribution in [3.8, 4) is 5.75 Å². The van der Waals surface area contributed by atoms with Crippen LogP contribution in [0.3, 0.4) is 0 Å². The van der Waals surface area contributed by atoms with Gasteiger partial charge in [-0.1, -0.05) is 23.2 Å². The second-order valence-electron chi connectivity index (χ2n) is 5.28. The first-order valence-corrected chi connectivity index (χ1v) is 7.54. The van der Waals surface area contributed by atoms with Crippen LogP contribution in [0.25, 0.3) is 0 Å². The summed E-state index contributed by atoms with van der Waals surface area (Å²) in [6.07, 6.45) is -4.53. The first-order chi connectivity index (χ1) is 10.7. The van der Waals surface area contributed by atoms with Crippen LogP contribution in [0, 0.1) is 11.8 Å². The molecule has 1 heterocycles. The van der Waals surface area contributed by atoms with Crippen molar-refractivity contribution in [1.29, 1.82) is 0 Å². The molecule has 1 saturated heterocycles. The van der Waals surface area contributed by atoms with E-state index in [1.807, 2.05) is 0 Å². The molecule has 4 nitrogen and oxygen atoms in total. The molecule has 0 spiro atoms. The zero-order valence-corrected chi connectivity index (χ0v) is 13.3. The number of rotatable bonds is 5. The third-order valence-corrected chi connectivity index (χ3v) is 4.22. The number of alkyl halides is 3. The molecule has 1 aliphatic heterocycles. The number of ether oxygens (including phenoxy) is 1. The number of benzene rings is 1. The maximum absolute atomic E-state index is 12.9. The van der Waals surface area contributed by atoms with Crippen LogP contribution in [0.2, 0.25) is 10.0 Å². The summed E-state index contributed by atoms with van der Waals surface area (Å²) in [5, 5.41) is 9.69. The van der Waals surface area contributed by atoms with Gasteiger partial charge in [0.25, 0.3) is 0 Å². The Balaban J connectivity index is 1.90. The molecule has 23 heavy (non-hydrogen) atoms. The van der Waals surface area contributed by atoms with E-state index in [2.05, 4.69) is 0 Å². The molecule has 0 aromatic heterocycles. The number of hydrogen-bond donors (Lipinski definition) is 1. The van der Waals surface area contributed by atoms with Crippen LogP contribution in [0.5, 0.6) is 5.75 Å². The summed E-state index contributed by atoms with van der Waals surface area (Å²) in [5.74, 6) is -4.37. The summed E-state index contributed by atoms with van der Waals surface area (Å²) in [7, 11) is 0. The van der Waals surface area contributed by atoms with E-state index in [9.17, 15) is 18.0 Å². The molecule has 0 aliphatic carbocycles.